The third kappa shape index (κ3) is 2.33. The van der Waals surface area contributed by atoms with E-state index in [0.29, 0.717) is 0 Å². The van der Waals surface area contributed by atoms with Gasteiger partial charge in [-0.3, -0.25) is 0 Å². The largest absolute Gasteiger partial charge is 0.370 e. The van der Waals surface area contributed by atoms with Crippen LogP contribution >= 0.6 is 0 Å². The monoisotopic (exact) mass is 282 g/mol. The Morgan fingerprint density at radius 3 is 2.76 bits per heavy atom. The van der Waals surface area contributed by atoms with E-state index >= 15 is 0 Å². The predicted molar refractivity (Wildman–Crippen MR) is 82.7 cm³/mol. The topological polar surface area (TPSA) is 68.5 Å². The van der Waals surface area contributed by atoms with Gasteiger partial charge in [-0.15, -0.1) is 5.10 Å². The zero-order chi connectivity index (χ0) is 14.8. The molecule has 0 atom stereocenters. The van der Waals surface area contributed by atoms with Crippen LogP contribution in [0.15, 0.2) is 30.6 Å². The Morgan fingerprint density at radius 1 is 1.19 bits per heavy atom. The van der Waals surface area contributed by atoms with Crippen LogP contribution in [0.3, 0.4) is 0 Å². The van der Waals surface area contributed by atoms with Crippen LogP contribution in [0.25, 0.3) is 16.9 Å². The van der Waals surface area contributed by atoms with E-state index in [0.717, 1.165) is 34.8 Å². The van der Waals surface area contributed by atoms with Crippen molar-refractivity contribution in [1.82, 2.24) is 25.0 Å². The van der Waals surface area contributed by atoms with Gasteiger partial charge < -0.3 is 5.32 Å². The zero-order valence-corrected chi connectivity index (χ0v) is 12.4. The Labute approximate surface area is 123 Å². The average Bonchev–Trinajstić information content (AvgIpc) is 2.91. The van der Waals surface area contributed by atoms with Crippen LogP contribution in [-0.2, 0) is 0 Å². The predicted octanol–water partition coefficient (Wildman–Crippen LogP) is 2.77. The van der Waals surface area contributed by atoms with Crippen molar-refractivity contribution in [2.75, 3.05) is 11.9 Å². The van der Waals surface area contributed by atoms with Crippen LogP contribution in [-0.4, -0.2) is 31.5 Å². The van der Waals surface area contributed by atoms with Crippen LogP contribution < -0.4 is 5.32 Å². The van der Waals surface area contributed by atoms with Crippen LogP contribution in [0.5, 0.6) is 0 Å². The van der Waals surface area contributed by atoms with Crippen molar-refractivity contribution in [1.29, 1.82) is 0 Å². The number of benzene rings is 1. The van der Waals surface area contributed by atoms with Crippen molar-refractivity contribution in [2.24, 2.45) is 0 Å². The van der Waals surface area contributed by atoms with Crippen molar-refractivity contribution >= 4 is 16.9 Å². The van der Waals surface area contributed by atoms with Crippen LogP contribution in [0, 0.1) is 0 Å². The Hall–Kier alpha value is -2.50. The van der Waals surface area contributed by atoms with Crippen molar-refractivity contribution in [3.8, 4) is 5.82 Å². The lowest BCUT2D eigenvalue weighted by atomic mass is 10.0. The first-order chi connectivity index (χ1) is 10.2. The number of rotatable bonds is 4. The van der Waals surface area contributed by atoms with Gasteiger partial charge in [0.1, 0.15) is 17.7 Å². The molecular weight excluding hydrogens is 264 g/mol. The molecule has 0 saturated carbocycles. The molecule has 0 aliphatic rings. The molecule has 3 aromatic rings. The molecule has 0 saturated heterocycles. The lowest BCUT2D eigenvalue weighted by Gasteiger charge is -2.16. The third-order valence-corrected chi connectivity index (χ3v) is 3.34. The number of anilines is 1. The van der Waals surface area contributed by atoms with E-state index in [1.165, 1.54) is 0 Å². The van der Waals surface area contributed by atoms with Gasteiger partial charge in [-0.05, 0) is 25.0 Å². The number of fused-ring (bicyclic) bond motifs is 1. The van der Waals surface area contributed by atoms with E-state index in [1.54, 1.807) is 11.0 Å². The first kappa shape index (κ1) is 13.5. The van der Waals surface area contributed by atoms with Gasteiger partial charge in [0.05, 0.1) is 5.52 Å². The minimum absolute atomic E-state index is 0.276. The summed E-state index contributed by atoms with van der Waals surface area (Å²) in [6.45, 7) is 7.12. The van der Waals surface area contributed by atoms with Gasteiger partial charge in [0.25, 0.3) is 0 Å². The smallest absolute Gasteiger partial charge is 0.164 e. The molecule has 6 heteroatoms. The molecule has 2 aromatic heterocycles. The summed E-state index contributed by atoms with van der Waals surface area (Å²) in [7, 11) is 0. The van der Waals surface area contributed by atoms with E-state index in [-0.39, 0.29) is 5.92 Å². The summed E-state index contributed by atoms with van der Waals surface area (Å²) in [5, 5.41) is 11.8. The van der Waals surface area contributed by atoms with Crippen LogP contribution in [0.2, 0.25) is 0 Å². The molecule has 6 nitrogen and oxygen atoms in total. The molecule has 3 rings (SSSR count). The summed E-state index contributed by atoms with van der Waals surface area (Å²) < 4.78 is 1.78. The number of aromatic nitrogens is 5. The molecule has 0 radical (unpaired) electrons. The lowest BCUT2D eigenvalue weighted by Crippen LogP contribution is -2.12. The molecule has 21 heavy (non-hydrogen) atoms. The second kappa shape index (κ2) is 5.47. The highest BCUT2D eigenvalue weighted by atomic mass is 15.4. The zero-order valence-electron chi connectivity index (χ0n) is 12.4. The fourth-order valence-electron chi connectivity index (χ4n) is 2.42. The number of nitrogens with zero attached hydrogens (tertiary/aromatic N) is 5. The molecule has 0 aliphatic heterocycles. The summed E-state index contributed by atoms with van der Waals surface area (Å²) in [4.78, 5) is 8.80. The first-order valence-corrected chi connectivity index (χ1v) is 7.12. The van der Waals surface area contributed by atoms with Crippen molar-refractivity contribution < 1.29 is 0 Å². The van der Waals surface area contributed by atoms with E-state index < -0.39 is 0 Å². The minimum Gasteiger partial charge on any atom is -0.370 e. The van der Waals surface area contributed by atoms with Crippen LogP contribution in [0.4, 0.5) is 5.82 Å². The number of hydrogen-bond acceptors (Lipinski definition) is 5. The molecule has 0 aliphatic carbocycles. The lowest BCUT2D eigenvalue weighted by molar-refractivity contribution is 0.755. The van der Waals surface area contributed by atoms with Gasteiger partial charge in [-0.25, -0.2) is 9.97 Å². The van der Waals surface area contributed by atoms with Crippen LogP contribution in [0.1, 0.15) is 32.3 Å². The second-order valence-corrected chi connectivity index (χ2v) is 5.13. The third-order valence-electron chi connectivity index (χ3n) is 3.34. The summed E-state index contributed by atoms with van der Waals surface area (Å²) in [6, 6.07) is 7.87. The summed E-state index contributed by atoms with van der Waals surface area (Å²) in [5.74, 6) is 1.92. The molecular formula is C15H18N6. The van der Waals surface area contributed by atoms with Crippen molar-refractivity contribution in [3.05, 3.63) is 36.2 Å². The Morgan fingerprint density at radius 2 is 2.00 bits per heavy atom. The van der Waals surface area contributed by atoms with E-state index in [1.807, 2.05) is 24.3 Å². The van der Waals surface area contributed by atoms with Gasteiger partial charge in [0.2, 0.25) is 0 Å². The summed E-state index contributed by atoms with van der Waals surface area (Å²) >= 11 is 0. The first-order valence-electron chi connectivity index (χ1n) is 7.12. The molecule has 1 N–H and O–H groups in total. The van der Waals surface area contributed by atoms with Gasteiger partial charge in [-0.1, -0.05) is 31.2 Å². The molecule has 0 amide bonds. The second-order valence-electron chi connectivity index (χ2n) is 5.13. The Bertz CT molecular complexity index is 762. The quantitative estimate of drug-likeness (QED) is 0.797. The number of hydrogen-bond donors (Lipinski definition) is 1. The van der Waals surface area contributed by atoms with E-state index in [9.17, 15) is 0 Å². The summed E-state index contributed by atoms with van der Waals surface area (Å²) in [6.07, 6.45) is 1.57. The van der Waals surface area contributed by atoms with E-state index in [4.69, 9.17) is 0 Å². The fourth-order valence-corrected chi connectivity index (χ4v) is 2.42. The SMILES string of the molecule is CCNc1ncnc(-n2nnc3ccccc32)c1C(C)C. The van der Waals surface area contributed by atoms with Crippen molar-refractivity contribution in [2.45, 2.75) is 26.7 Å². The highest BCUT2D eigenvalue weighted by molar-refractivity contribution is 5.76. The highest BCUT2D eigenvalue weighted by Crippen LogP contribution is 2.28. The van der Waals surface area contributed by atoms with Gasteiger partial charge in [-0.2, -0.15) is 4.68 Å². The number of para-hydroxylation sites is 1. The molecule has 0 fully saturated rings. The van der Waals surface area contributed by atoms with Crippen molar-refractivity contribution in [3.63, 3.8) is 0 Å². The number of nitrogens with one attached hydrogen (secondary N) is 1. The highest BCUT2D eigenvalue weighted by Gasteiger charge is 2.18. The Kier molecular flexibility index (Phi) is 3.51. The van der Waals surface area contributed by atoms with Gasteiger partial charge >= 0.3 is 0 Å². The maximum atomic E-state index is 4.44. The molecule has 0 unspecified atom stereocenters. The maximum absolute atomic E-state index is 4.44. The fraction of sp³-hybridized carbons (Fsp3) is 0.333. The minimum atomic E-state index is 0.276. The molecule has 0 spiro atoms. The van der Waals surface area contributed by atoms with Gasteiger partial charge in [0, 0.05) is 12.1 Å². The molecule has 2 heterocycles. The normalized spacial score (nSPS) is 11.2. The molecule has 0 bridgehead atoms. The molecule has 108 valence electrons. The maximum Gasteiger partial charge on any atom is 0.164 e. The average molecular weight is 282 g/mol. The molecule has 1 aromatic carbocycles. The Balaban J connectivity index is 2.24. The summed E-state index contributed by atoms with van der Waals surface area (Å²) in [5.41, 5.74) is 2.85. The van der Waals surface area contributed by atoms with E-state index in [2.05, 4.69) is 46.4 Å². The van der Waals surface area contributed by atoms with Gasteiger partial charge in [0.15, 0.2) is 5.82 Å². The standard InChI is InChI=1S/C15H18N6/c1-4-16-14-13(10(2)3)15(18-9-17-14)21-12-8-6-5-7-11(12)19-20-21/h5-10H,4H2,1-3H3,(H,16,17,18).